The second kappa shape index (κ2) is 9.22. The second-order valence-corrected chi connectivity index (χ2v) is 9.39. The number of hydrogen-bond acceptors (Lipinski definition) is 5. The molecule has 0 aliphatic rings. The molecule has 29 heavy (non-hydrogen) atoms. The van der Waals surface area contributed by atoms with Crippen LogP contribution in [0.15, 0.2) is 75.4 Å². The molecule has 0 fully saturated rings. The monoisotopic (exact) mass is 465 g/mol. The molecule has 3 rings (SSSR count). The Labute approximate surface area is 184 Å². The summed E-state index contributed by atoms with van der Waals surface area (Å²) >= 11 is 13.9. The van der Waals surface area contributed by atoms with Gasteiger partial charge in [0.05, 0.1) is 10.7 Å². The first-order chi connectivity index (χ1) is 13.8. The summed E-state index contributed by atoms with van der Waals surface area (Å²) in [5.74, 6) is -0.0265. The van der Waals surface area contributed by atoms with Crippen molar-refractivity contribution in [2.45, 2.75) is 16.7 Å². The lowest BCUT2D eigenvalue weighted by Crippen LogP contribution is -2.11. The van der Waals surface area contributed by atoms with Gasteiger partial charge in [-0.05, 0) is 55.6 Å². The van der Waals surface area contributed by atoms with Crippen LogP contribution in [0.2, 0.25) is 10.0 Å². The maximum atomic E-state index is 12.7. The fourth-order valence-electron chi connectivity index (χ4n) is 2.46. The minimum atomic E-state index is -4.07. The van der Waals surface area contributed by atoms with E-state index in [-0.39, 0.29) is 15.7 Å². The van der Waals surface area contributed by atoms with E-state index in [0.717, 1.165) is 10.5 Å². The van der Waals surface area contributed by atoms with Crippen LogP contribution in [0.5, 0.6) is 5.75 Å². The summed E-state index contributed by atoms with van der Waals surface area (Å²) in [5, 5.41) is 0.418. The highest BCUT2D eigenvalue weighted by Crippen LogP contribution is 2.34. The molecule has 0 bridgehead atoms. The number of nitrogens with zero attached hydrogens (tertiary/aromatic N) is 1. The molecule has 0 aliphatic carbocycles. The predicted molar refractivity (Wildman–Crippen MR) is 121 cm³/mol. The van der Waals surface area contributed by atoms with Crippen molar-refractivity contribution in [1.29, 1.82) is 0 Å². The van der Waals surface area contributed by atoms with Crippen molar-refractivity contribution >= 4 is 57.0 Å². The molecule has 0 aromatic heterocycles. The van der Waals surface area contributed by atoms with Gasteiger partial charge < -0.3 is 4.18 Å². The Bertz CT molecular complexity index is 1160. The zero-order chi connectivity index (χ0) is 21.0. The van der Waals surface area contributed by atoms with Crippen LogP contribution in [-0.2, 0) is 10.1 Å². The van der Waals surface area contributed by atoms with E-state index in [2.05, 4.69) is 4.99 Å². The van der Waals surface area contributed by atoms with Crippen LogP contribution < -0.4 is 4.18 Å². The van der Waals surface area contributed by atoms with Crippen LogP contribution >= 0.6 is 35.0 Å². The predicted octanol–water partition coefficient (Wildman–Crippen LogP) is 6.54. The molecule has 0 aliphatic heterocycles. The molecule has 0 radical (unpaired) electrons. The molecule has 0 N–H and O–H groups in total. The van der Waals surface area contributed by atoms with Crippen molar-refractivity contribution in [3.63, 3.8) is 0 Å². The number of hydrogen-bond donors (Lipinski definition) is 0. The van der Waals surface area contributed by atoms with Crippen LogP contribution in [0.1, 0.15) is 11.1 Å². The minimum Gasteiger partial charge on any atom is -0.377 e. The third-order valence-electron chi connectivity index (χ3n) is 3.95. The zero-order valence-corrected chi connectivity index (χ0v) is 18.7. The van der Waals surface area contributed by atoms with Gasteiger partial charge in [-0.15, -0.1) is 11.8 Å². The summed E-state index contributed by atoms with van der Waals surface area (Å²) in [6, 6.07) is 17.0. The Kier molecular flexibility index (Phi) is 6.90. The fourth-order valence-corrected chi connectivity index (χ4v) is 4.48. The standard InChI is InChI=1S/C21H17Cl2NO3S2/c1-14-6-8-19(9-7-14)29(25,26)27-21-15(10-16(22)11-20(21)23)13-24-17-4-3-5-18(12-17)28-2/h3-13H,1-2H3. The van der Waals surface area contributed by atoms with Gasteiger partial charge in [-0.25, -0.2) is 0 Å². The first-order valence-corrected chi connectivity index (χ1v) is 11.9. The number of halogens is 2. The van der Waals surface area contributed by atoms with Crippen LogP contribution in [0.25, 0.3) is 0 Å². The average Bonchev–Trinajstić information content (AvgIpc) is 2.69. The van der Waals surface area contributed by atoms with E-state index in [0.29, 0.717) is 16.3 Å². The van der Waals surface area contributed by atoms with Crippen LogP contribution in [0.3, 0.4) is 0 Å². The molecular formula is C21H17Cl2NO3S2. The fraction of sp³-hybridized carbons (Fsp3) is 0.0952. The van der Waals surface area contributed by atoms with Gasteiger partial charge in [-0.1, -0.05) is 47.0 Å². The SMILES string of the molecule is CSc1cccc(N=Cc2cc(Cl)cc(Cl)c2OS(=O)(=O)c2ccc(C)cc2)c1. The summed E-state index contributed by atoms with van der Waals surface area (Å²) in [4.78, 5) is 5.50. The normalized spacial score (nSPS) is 11.7. The zero-order valence-electron chi connectivity index (χ0n) is 15.6. The molecule has 150 valence electrons. The quantitative estimate of drug-likeness (QED) is 0.235. The molecule has 0 atom stereocenters. The molecule has 0 unspecified atom stereocenters. The maximum absolute atomic E-state index is 12.7. The van der Waals surface area contributed by atoms with Gasteiger partial charge >= 0.3 is 10.1 Å². The van der Waals surface area contributed by atoms with Crippen molar-refractivity contribution in [2.24, 2.45) is 4.99 Å². The second-order valence-electron chi connectivity index (χ2n) is 6.12. The lowest BCUT2D eigenvalue weighted by molar-refractivity contribution is 0.486. The summed E-state index contributed by atoms with van der Waals surface area (Å²) in [6.07, 6.45) is 3.46. The van der Waals surface area contributed by atoms with E-state index in [1.165, 1.54) is 24.4 Å². The van der Waals surface area contributed by atoms with Gasteiger partial charge in [0.1, 0.15) is 4.90 Å². The molecular weight excluding hydrogens is 449 g/mol. The third-order valence-corrected chi connectivity index (χ3v) is 6.41. The minimum absolute atomic E-state index is 0.0265. The number of rotatable bonds is 6. The lowest BCUT2D eigenvalue weighted by atomic mass is 10.2. The van der Waals surface area contributed by atoms with E-state index in [4.69, 9.17) is 27.4 Å². The summed E-state index contributed by atoms with van der Waals surface area (Å²) in [7, 11) is -4.07. The van der Waals surface area contributed by atoms with Gasteiger partial charge in [0.15, 0.2) is 5.75 Å². The highest BCUT2D eigenvalue weighted by molar-refractivity contribution is 7.98. The van der Waals surface area contributed by atoms with Crippen molar-refractivity contribution in [3.05, 3.63) is 81.8 Å². The molecule has 0 amide bonds. The number of thioether (sulfide) groups is 1. The first-order valence-electron chi connectivity index (χ1n) is 8.47. The number of aryl methyl sites for hydroxylation is 1. The van der Waals surface area contributed by atoms with E-state index in [1.807, 2.05) is 37.4 Å². The first kappa shape index (κ1) is 21.7. The van der Waals surface area contributed by atoms with Crippen LogP contribution in [0.4, 0.5) is 5.69 Å². The van der Waals surface area contributed by atoms with Crippen molar-refractivity contribution in [2.75, 3.05) is 6.26 Å². The van der Waals surface area contributed by atoms with Crippen molar-refractivity contribution in [1.82, 2.24) is 0 Å². The number of aliphatic imine (C=N–C) groups is 1. The highest BCUT2D eigenvalue weighted by Gasteiger charge is 2.21. The Morgan fingerprint density at radius 2 is 1.76 bits per heavy atom. The Balaban J connectivity index is 1.99. The molecule has 0 saturated heterocycles. The van der Waals surface area contributed by atoms with E-state index in [9.17, 15) is 8.42 Å². The van der Waals surface area contributed by atoms with Crippen molar-refractivity contribution in [3.8, 4) is 5.75 Å². The average molecular weight is 466 g/mol. The van der Waals surface area contributed by atoms with Gasteiger partial charge in [0.25, 0.3) is 0 Å². The molecule has 0 heterocycles. The molecule has 3 aromatic carbocycles. The molecule has 0 saturated carbocycles. The summed E-state index contributed by atoms with van der Waals surface area (Å²) in [6.45, 7) is 1.87. The number of benzene rings is 3. The van der Waals surface area contributed by atoms with E-state index in [1.54, 1.807) is 30.0 Å². The van der Waals surface area contributed by atoms with Crippen LogP contribution in [-0.4, -0.2) is 20.9 Å². The Morgan fingerprint density at radius 3 is 2.45 bits per heavy atom. The van der Waals surface area contributed by atoms with E-state index >= 15 is 0 Å². The van der Waals surface area contributed by atoms with Crippen LogP contribution in [0, 0.1) is 6.92 Å². The summed E-state index contributed by atoms with van der Waals surface area (Å²) in [5.41, 5.74) is 2.00. The molecule has 0 spiro atoms. The van der Waals surface area contributed by atoms with E-state index < -0.39 is 10.1 Å². The van der Waals surface area contributed by atoms with Gasteiger partial charge in [0.2, 0.25) is 0 Å². The molecule has 3 aromatic rings. The topological polar surface area (TPSA) is 55.7 Å². The largest absolute Gasteiger partial charge is 0.377 e. The van der Waals surface area contributed by atoms with Crippen molar-refractivity contribution < 1.29 is 12.6 Å². The summed E-state index contributed by atoms with van der Waals surface area (Å²) < 4.78 is 30.8. The van der Waals surface area contributed by atoms with Gasteiger partial charge in [-0.3, -0.25) is 4.99 Å². The Hall–Kier alpha value is -1.99. The third kappa shape index (κ3) is 5.54. The van der Waals surface area contributed by atoms with Gasteiger partial charge in [0, 0.05) is 21.7 Å². The lowest BCUT2D eigenvalue weighted by Gasteiger charge is -2.12. The molecule has 4 nitrogen and oxygen atoms in total. The molecule has 8 heteroatoms. The smallest absolute Gasteiger partial charge is 0.339 e. The maximum Gasteiger partial charge on any atom is 0.339 e. The van der Waals surface area contributed by atoms with Gasteiger partial charge in [-0.2, -0.15) is 8.42 Å². The highest BCUT2D eigenvalue weighted by atomic mass is 35.5. The Morgan fingerprint density at radius 1 is 1.03 bits per heavy atom.